The van der Waals surface area contributed by atoms with Gasteiger partial charge in [-0.25, -0.2) is 4.98 Å². The van der Waals surface area contributed by atoms with E-state index in [2.05, 4.69) is 9.97 Å². The molecule has 0 spiro atoms. The number of rotatable bonds is 3. The van der Waals surface area contributed by atoms with E-state index in [1.165, 1.54) is 13.4 Å². The maximum Gasteiger partial charge on any atom is 0.262 e. The van der Waals surface area contributed by atoms with Crippen LogP contribution in [0.25, 0.3) is 0 Å². The van der Waals surface area contributed by atoms with Crippen LogP contribution < -0.4 is 9.47 Å². The molecule has 0 bridgehead atoms. The molecule has 1 aliphatic rings. The molecule has 0 amide bonds. The van der Waals surface area contributed by atoms with Crippen molar-refractivity contribution in [1.29, 1.82) is 0 Å². The molecule has 2 heterocycles. The monoisotopic (exact) mass is 216 g/mol. The third-order valence-electron chi connectivity index (χ3n) is 1.82. The molecule has 76 valence electrons. The minimum Gasteiger partial charge on any atom is -0.489 e. The highest BCUT2D eigenvalue weighted by atomic mass is 35.5. The third-order valence-corrected chi connectivity index (χ3v) is 2.09. The Balaban J connectivity index is 2.17. The first kappa shape index (κ1) is 9.48. The second-order valence-corrected chi connectivity index (χ2v) is 3.14. The number of halogens is 1. The van der Waals surface area contributed by atoms with Crippen molar-refractivity contribution in [1.82, 2.24) is 9.97 Å². The highest BCUT2D eigenvalue weighted by Gasteiger charge is 2.23. The summed E-state index contributed by atoms with van der Waals surface area (Å²) >= 11 is 5.79. The zero-order chi connectivity index (χ0) is 9.97. The van der Waals surface area contributed by atoms with Crippen molar-refractivity contribution < 1.29 is 14.2 Å². The van der Waals surface area contributed by atoms with Gasteiger partial charge >= 0.3 is 0 Å². The Morgan fingerprint density at radius 3 is 2.86 bits per heavy atom. The summed E-state index contributed by atoms with van der Waals surface area (Å²) in [7, 11) is 1.49. The van der Waals surface area contributed by atoms with E-state index in [0.717, 1.165) is 0 Å². The molecule has 1 fully saturated rings. The third kappa shape index (κ3) is 1.73. The summed E-state index contributed by atoms with van der Waals surface area (Å²) in [5.74, 6) is 0.724. The standard InChI is InChI=1S/C8H9ClN2O3/c1-12-6-7(9)10-4-11-8(6)14-5-2-13-3-5/h4-5H,2-3H2,1H3. The van der Waals surface area contributed by atoms with Crippen LogP contribution in [0.1, 0.15) is 0 Å². The topological polar surface area (TPSA) is 53.5 Å². The molecule has 6 heteroatoms. The van der Waals surface area contributed by atoms with Crippen LogP contribution >= 0.6 is 11.6 Å². The molecule has 1 aromatic heterocycles. The van der Waals surface area contributed by atoms with Crippen LogP contribution in [0.3, 0.4) is 0 Å². The summed E-state index contributed by atoms with van der Waals surface area (Å²) in [5.41, 5.74) is 0. The van der Waals surface area contributed by atoms with Crippen LogP contribution in [0.15, 0.2) is 6.33 Å². The summed E-state index contributed by atoms with van der Waals surface area (Å²) in [5, 5.41) is 0.248. The molecule has 0 unspecified atom stereocenters. The van der Waals surface area contributed by atoms with Crippen molar-refractivity contribution in [3.63, 3.8) is 0 Å². The summed E-state index contributed by atoms with van der Waals surface area (Å²) in [6, 6.07) is 0. The second kappa shape index (κ2) is 3.98. The lowest BCUT2D eigenvalue weighted by Crippen LogP contribution is -2.38. The molecule has 0 aromatic carbocycles. The first-order valence-corrected chi connectivity index (χ1v) is 4.48. The van der Waals surface area contributed by atoms with Crippen LogP contribution in [0.5, 0.6) is 11.6 Å². The van der Waals surface area contributed by atoms with Gasteiger partial charge in [-0.15, -0.1) is 0 Å². The maximum absolute atomic E-state index is 5.79. The van der Waals surface area contributed by atoms with E-state index in [1.807, 2.05) is 0 Å². The highest BCUT2D eigenvalue weighted by molar-refractivity contribution is 6.31. The number of methoxy groups -OCH3 is 1. The smallest absolute Gasteiger partial charge is 0.262 e. The van der Waals surface area contributed by atoms with Crippen molar-refractivity contribution in [2.24, 2.45) is 0 Å². The summed E-state index contributed by atoms with van der Waals surface area (Å²) in [6.45, 7) is 1.15. The average molecular weight is 217 g/mol. The lowest BCUT2D eigenvalue weighted by atomic mass is 10.3. The van der Waals surface area contributed by atoms with E-state index in [-0.39, 0.29) is 11.3 Å². The normalized spacial score (nSPS) is 16.1. The van der Waals surface area contributed by atoms with Gasteiger partial charge in [0.1, 0.15) is 12.4 Å². The lowest BCUT2D eigenvalue weighted by molar-refractivity contribution is -0.0821. The molecule has 5 nitrogen and oxygen atoms in total. The van der Waals surface area contributed by atoms with E-state index >= 15 is 0 Å². The molecule has 0 N–H and O–H groups in total. The number of nitrogens with zero attached hydrogens (tertiary/aromatic N) is 2. The largest absolute Gasteiger partial charge is 0.489 e. The predicted molar refractivity (Wildman–Crippen MR) is 48.8 cm³/mol. The lowest BCUT2D eigenvalue weighted by Gasteiger charge is -2.26. The summed E-state index contributed by atoms with van der Waals surface area (Å²) < 4.78 is 15.5. The van der Waals surface area contributed by atoms with Crippen LogP contribution in [0, 0.1) is 0 Å². The van der Waals surface area contributed by atoms with Crippen molar-refractivity contribution in [3.8, 4) is 11.6 Å². The minimum atomic E-state index is 0.0369. The van der Waals surface area contributed by atoms with Gasteiger partial charge in [0, 0.05) is 0 Å². The Morgan fingerprint density at radius 1 is 1.50 bits per heavy atom. The number of ether oxygens (including phenoxy) is 3. The first-order valence-electron chi connectivity index (χ1n) is 4.10. The SMILES string of the molecule is COc1c(Cl)ncnc1OC1COC1. The van der Waals surface area contributed by atoms with Gasteiger partial charge in [0.15, 0.2) is 5.15 Å². The first-order chi connectivity index (χ1) is 6.81. The zero-order valence-electron chi connectivity index (χ0n) is 7.57. The Bertz CT molecular complexity index is 330. The Morgan fingerprint density at radius 2 is 2.29 bits per heavy atom. The molecule has 1 aliphatic heterocycles. The Hall–Kier alpha value is -1.07. The molecular formula is C8H9ClN2O3. The minimum absolute atomic E-state index is 0.0369. The molecule has 1 aromatic rings. The number of hydrogen-bond acceptors (Lipinski definition) is 5. The zero-order valence-corrected chi connectivity index (χ0v) is 8.32. The van der Waals surface area contributed by atoms with E-state index in [0.29, 0.717) is 24.8 Å². The number of aromatic nitrogens is 2. The molecule has 14 heavy (non-hydrogen) atoms. The highest BCUT2D eigenvalue weighted by Crippen LogP contribution is 2.31. The molecule has 0 saturated carbocycles. The van der Waals surface area contributed by atoms with Gasteiger partial charge in [0.2, 0.25) is 5.75 Å². The maximum atomic E-state index is 5.79. The molecule has 0 atom stereocenters. The fourth-order valence-electron chi connectivity index (χ4n) is 1.03. The van der Waals surface area contributed by atoms with Crippen molar-refractivity contribution in [2.45, 2.75) is 6.10 Å². The Kier molecular flexibility index (Phi) is 2.69. The predicted octanol–water partition coefficient (Wildman–Crippen LogP) is 0.916. The van der Waals surface area contributed by atoms with E-state index < -0.39 is 0 Å². The van der Waals surface area contributed by atoms with Crippen molar-refractivity contribution >= 4 is 11.6 Å². The molecule has 0 radical (unpaired) electrons. The fourth-order valence-corrected chi connectivity index (χ4v) is 1.23. The quantitative estimate of drug-likeness (QED) is 0.704. The van der Waals surface area contributed by atoms with E-state index in [4.69, 9.17) is 25.8 Å². The van der Waals surface area contributed by atoms with Crippen molar-refractivity contribution in [2.75, 3.05) is 20.3 Å². The van der Waals surface area contributed by atoms with Gasteiger partial charge in [-0.3, -0.25) is 0 Å². The van der Waals surface area contributed by atoms with Crippen molar-refractivity contribution in [3.05, 3.63) is 11.5 Å². The second-order valence-electron chi connectivity index (χ2n) is 2.78. The van der Waals surface area contributed by atoms with Gasteiger partial charge < -0.3 is 14.2 Å². The number of hydrogen-bond donors (Lipinski definition) is 0. The molecule has 1 saturated heterocycles. The Labute approximate surface area is 86.0 Å². The van der Waals surface area contributed by atoms with Gasteiger partial charge in [-0.1, -0.05) is 11.6 Å². The van der Waals surface area contributed by atoms with Crippen LogP contribution in [-0.4, -0.2) is 36.4 Å². The van der Waals surface area contributed by atoms with Crippen LogP contribution in [0.2, 0.25) is 5.15 Å². The summed E-state index contributed by atoms with van der Waals surface area (Å²) in [6.07, 6.45) is 1.37. The van der Waals surface area contributed by atoms with E-state index in [9.17, 15) is 0 Å². The van der Waals surface area contributed by atoms with Gasteiger partial charge in [0.05, 0.1) is 20.3 Å². The van der Waals surface area contributed by atoms with Gasteiger partial charge in [-0.05, 0) is 0 Å². The molecule has 0 aliphatic carbocycles. The fraction of sp³-hybridized carbons (Fsp3) is 0.500. The average Bonchev–Trinajstić information content (AvgIpc) is 2.11. The molecular weight excluding hydrogens is 208 g/mol. The van der Waals surface area contributed by atoms with E-state index in [1.54, 1.807) is 0 Å². The van der Waals surface area contributed by atoms with Crippen LogP contribution in [0.4, 0.5) is 0 Å². The molecule has 2 rings (SSSR count). The van der Waals surface area contributed by atoms with Gasteiger partial charge in [-0.2, -0.15) is 4.98 Å². The van der Waals surface area contributed by atoms with Gasteiger partial charge in [0.25, 0.3) is 5.88 Å². The van der Waals surface area contributed by atoms with Crippen LogP contribution in [-0.2, 0) is 4.74 Å². The summed E-state index contributed by atoms with van der Waals surface area (Å²) in [4.78, 5) is 7.71.